The molecule has 0 saturated carbocycles. The molecular formula is C18H20BrN2NaO6S. The van der Waals surface area contributed by atoms with Gasteiger partial charge in [-0.15, -0.1) is 0 Å². The maximum Gasteiger partial charge on any atom is 1.00 e. The Morgan fingerprint density at radius 2 is 1.72 bits per heavy atom. The number of nitrogens with zero attached hydrogens (tertiary/aromatic N) is 1. The van der Waals surface area contributed by atoms with E-state index in [1.807, 2.05) is 0 Å². The molecule has 1 N–H and O–H groups in total. The van der Waals surface area contributed by atoms with Gasteiger partial charge in [-0.1, -0.05) is 22.0 Å². The molecule has 0 heterocycles. The molecule has 2 rings (SSSR count). The number of halogens is 1. The van der Waals surface area contributed by atoms with Gasteiger partial charge in [-0.25, -0.2) is 8.42 Å². The average Bonchev–Trinajstić information content (AvgIpc) is 2.70. The van der Waals surface area contributed by atoms with E-state index in [0.29, 0.717) is 17.1 Å². The Labute approximate surface area is 200 Å². The monoisotopic (exact) mass is 494 g/mol. The molecular weight excluding hydrogens is 475 g/mol. The van der Waals surface area contributed by atoms with Crippen LogP contribution in [0.4, 0.5) is 0 Å². The normalized spacial score (nSPS) is 10.9. The summed E-state index contributed by atoms with van der Waals surface area (Å²) in [4.78, 5) is 11.5. The first-order chi connectivity index (χ1) is 13.3. The summed E-state index contributed by atoms with van der Waals surface area (Å²) in [5, 5.41) is 10.5. The van der Waals surface area contributed by atoms with Crippen LogP contribution in [0.3, 0.4) is 0 Å². The van der Waals surface area contributed by atoms with Crippen LogP contribution in [0.25, 0.3) is 0 Å². The molecule has 0 aromatic heterocycles. The van der Waals surface area contributed by atoms with Gasteiger partial charge < -0.3 is 20.2 Å². The fourth-order valence-corrected chi connectivity index (χ4v) is 4.19. The van der Waals surface area contributed by atoms with Crippen molar-refractivity contribution in [2.45, 2.75) is 17.9 Å². The molecule has 0 saturated heterocycles. The third kappa shape index (κ3) is 6.95. The molecule has 2 aromatic rings. The molecule has 1 amide bonds. The van der Waals surface area contributed by atoms with Gasteiger partial charge in [-0.3, -0.25) is 4.79 Å². The largest absolute Gasteiger partial charge is 1.00 e. The van der Waals surface area contributed by atoms with Gasteiger partial charge in [0.2, 0.25) is 15.9 Å². The first kappa shape index (κ1) is 25.9. The second-order valence-electron chi connectivity index (χ2n) is 5.76. The first-order valence-corrected chi connectivity index (χ1v) is 10.4. The van der Waals surface area contributed by atoms with Gasteiger partial charge in [0, 0.05) is 24.0 Å². The Bertz CT molecular complexity index is 924. The molecule has 0 atom stereocenters. The predicted molar refractivity (Wildman–Crippen MR) is 107 cm³/mol. The van der Waals surface area contributed by atoms with Crippen molar-refractivity contribution in [3.05, 3.63) is 57.7 Å². The number of rotatable bonds is 9. The number of ether oxygens (including phenoxy) is 2. The smallest absolute Gasteiger partial charge is 0.759 e. The van der Waals surface area contributed by atoms with E-state index in [0.717, 1.165) is 8.78 Å². The number of benzene rings is 2. The molecule has 0 spiro atoms. The summed E-state index contributed by atoms with van der Waals surface area (Å²) in [6.45, 7) is -0.161. The van der Waals surface area contributed by atoms with Gasteiger partial charge in [0.1, 0.15) is 0 Å². The summed E-state index contributed by atoms with van der Waals surface area (Å²) < 4.78 is 38.5. The Balaban J connectivity index is 0.00000420. The van der Waals surface area contributed by atoms with Crippen LogP contribution in [-0.2, 0) is 21.4 Å². The number of methoxy groups -OCH3 is 2. The van der Waals surface area contributed by atoms with E-state index < -0.39 is 15.9 Å². The van der Waals surface area contributed by atoms with Gasteiger partial charge in [0.15, 0.2) is 11.5 Å². The van der Waals surface area contributed by atoms with Crippen molar-refractivity contribution in [1.82, 2.24) is 9.79 Å². The molecule has 0 aliphatic carbocycles. The van der Waals surface area contributed by atoms with Crippen LogP contribution in [0, 0.1) is 5.21 Å². The Hall–Kier alpha value is -1.14. The number of carbonyl (C=O) groups is 1. The fraction of sp³-hybridized carbons (Fsp3) is 0.278. The van der Waals surface area contributed by atoms with Crippen molar-refractivity contribution in [1.29, 1.82) is 0 Å². The van der Waals surface area contributed by atoms with Crippen LogP contribution in [0.5, 0.6) is 11.5 Å². The molecule has 8 nitrogen and oxygen atoms in total. The zero-order chi connectivity index (χ0) is 20.7. The van der Waals surface area contributed by atoms with Crippen LogP contribution in [0.2, 0.25) is 0 Å². The van der Waals surface area contributed by atoms with Gasteiger partial charge >= 0.3 is 29.6 Å². The average molecular weight is 495 g/mol. The van der Waals surface area contributed by atoms with Crippen LogP contribution >= 0.6 is 15.9 Å². The fourth-order valence-electron chi connectivity index (χ4n) is 2.50. The van der Waals surface area contributed by atoms with Gasteiger partial charge in [-0.2, -0.15) is 4.31 Å². The Morgan fingerprint density at radius 3 is 2.28 bits per heavy atom. The minimum absolute atomic E-state index is 0. The molecule has 0 fully saturated rings. The third-order valence-electron chi connectivity index (χ3n) is 3.96. The predicted octanol–water partition coefficient (Wildman–Crippen LogP) is -0.335. The van der Waals surface area contributed by atoms with Crippen molar-refractivity contribution >= 4 is 31.9 Å². The number of sulfonamides is 1. The number of hydrogen-bond donors (Lipinski definition) is 1. The maximum absolute atomic E-state index is 13.1. The summed E-state index contributed by atoms with van der Waals surface area (Å²) in [7, 11) is -0.911. The summed E-state index contributed by atoms with van der Waals surface area (Å²) in [5.74, 6) is 0.181. The van der Waals surface area contributed by atoms with E-state index in [9.17, 15) is 18.4 Å². The van der Waals surface area contributed by atoms with E-state index in [1.165, 1.54) is 31.8 Å². The zero-order valence-electron chi connectivity index (χ0n) is 16.3. The van der Waals surface area contributed by atoms with E-state index in [1.54, 1.807) is 30.3 Å². The third-order valence-corrected chi connectivity index (χ3v) is 6.35. The van der Waals surface area contributed by atoms with Crippen molar-refractivity contribution in [2.75, 3.05) is 20.8 Å². The van der Waals surface area contributed by atoms with E-state index >= 15 is 0 Å². The number of hydrogen-bond acceptors (Lipinski definition) is 6. The molecule has 0 radical (unpaired) electrons. The van der Waals surface area contributed by atoms with Gasteiger partial charge in [0.25, 0.3) is 0 Å². The molecule has 0 aliphatic rings. The minimum atomic E-state index is -3.90. The van der Waals surface area contributed by atoms with E-state index in [-0.39, 0.29) is 54.0 Å². The SMILES string of the molecule is COc1ccc(CN(CCC(=O)N[O-])S(=O)(=O)c2ccc(Br)cc2)cc1OC.[Na+]. The molecule has 11 heteroatoms. The summed E-state index contributed by atoms with van der Waals surface area (Å²) in [5.41, 5.74) is 1.90. The number of amides is 1. The van der Waals surface area contributed by atoms with Crippen molar-refractivity contribution < 1.29 is 52.2 Å². The van der Waals surface area contributed by atoms with Crippen LogP contribution in [0.1, 0.15) is 12.0 Å². The summed E-state index contributed by atoms with van der Waals surface area (Å²) in [6, 6.07) is 11.2. The Kier molecular flexibility index (Phi) is 10.6. The quantitative estimate of drug-likeness (QED) is 0.377. The second-order valence-corrected chi connectivity index (χ2v) is 8.61. The van der Waals surface area contributed by atoms with Gasteiger partial charge in [0.05, 0.1) is 19.1 Å². The molecule has 29 heavy (non-hydrogen) atoms. The minimum Gasteiger partial charge on any atom is -0.759 e. The van der Waals surface area contributed by atoms with E-state index in [4.69, 9.17) is 9.47 Å². The first-order valence-electron chi connectivity index (χ1n) is 8.19. The van der Waals surface area contributed by atoms with E-state index in [2.05, 4.69) is 15.9 Å². The number of nitrogens with one attached hydrogen (secondary N) is 1. The second kappa shape index (κ2) is 11.9. The van der Waals surface area contributed by atoms with Crippen molar-refractivity contribution in [2.24, 2.45) is 0 Å². The van der Waals surface area contributed by atoms with Crippen molar-refractivity contribution in [3.63, 3.8) is 0 Å². The topological polar surface area (TPSA) is 108 Å². The maximum atomic E-state index is 13.1. The summed E-state index contributed by atoms with van der Waals surface area (Å²) in [6.07, 6.45) is -0.257. The zero-order valence-corrected chi connectivity index (χ0v) is 20.7. The molecule has 0 aliphatic heterocycles. The molecule has 0 bridgehead atoms. The number of hydroxylamine groups is 1. The van der Waals surface area contributed by atoms with Crippen molar-refractivity contribution in [3.8, 4) is 11.5 Å². The standard InChI is InChI=1S/C18H20BrN2O6S.Na/c1-26-16-8-3-13(11-17(16)27-2)12-21(10-9-18(22)20-23)28(24,25)15-6-4-14(19)5-7-15;/h3-8,11H,9-10,12H2,1-2H3,(H-,20,22,23);/q-1;+1. The van der Waals surface area contributed by atoms with Crippen LogP contribution < -0.4 is 44.5 Å². The molecule has 0 unspecified atom stereocenters. The van der Waals surface area contributed by atoms with Crippen LogP contribution in [0.15, 0.2) is 51.8 Å². The Morgan fingerprint density at radius 1 is 1.10 bits per heavy atom. The molecule has 2 aromatic carbocycles. The van der Waals surface area contributed by atoms with Gasteiger partial charge in [-0.05, 0) is 42.0 Å². The number of carbonyl (C=O) groups excluding carboxylic acids is 1. The molecule has 152 valence electrons. The van der Waals surface area contributed by atoms with Crippen LogP contribution in [-0.4, -0.2) is 39.4 Å². The summed E-state index contributed by atoms with van der Waals surface area (Å²) >= 11 is 3.27.